The van der Waals surface area contributed by atoms with Gasteiger partial charge < -0.3 is 45.5 Å². The summed E-state index contributed by atoms with van der Waals surface area (Å²) in [6.45, 7) is 1.75. The minimum Gasteiger partial charge on any atom is -0.430 e. The van der Waals surface area contributed by atoms with E-state index in [4.69, 9.17) is 18.9 Å². The number of hydrogen-bond acceptors (Lipinski definition) is 19. The van der Waals surface area contributed by atoms with Gasteiger partial charge in [0.15, 0.2) is 5.78 Å². The van der Waals surface area contributed by atoms with Crippen LogP contribution in [0.5, 0.6) is 0 Å². The van der Waals surface area contributed by atoms with E-state index in [-0.39, 0.29) is 152 Å². The number of carbonyl (C=O) groups is 12. The van der Waals surface area contributed by atoms with Crippen molar-refractivity contribution in [2.75, 3.05) is 66.3 Å². The van der Waals surface area contributed by atoms with Crippen LogP contribution in [0.4, 0.5) is 9.59 Å². The number of amides is 8. The normalized spacial score (nSPS) is 12.7. The number of nitrogens with one attached hydrogen (secondary N) is 5. The first-order valence-corrected chi connectivity index (χ1v) is 23.5. The first-order valence-electron chi connectivity index (χ1n) is 23.5. The number of hydroxylamine groups is 4. The number of unbranched alkanes of at least 4 members (excludes halogenated alkanes) is 1. The van der Waals surface area contributed by atoms with Crippen molar-refractivity contribution in [1.82, 2.24) is 36.7 Å². The summed E-state index contributed by atoms with van der Waals surface area (Å²) in [4.78, 5) is 150. The summed E-state index contributed by atoms with van der Waals surface area (Å²) >= 11 is 0. The number of imide groups is 2. The number of ether oxygens (including phenoxy) is 4. The fourth-order valence-corrected chi connectivity index (χ4v) is 6.47. The lowest BCUT2D eigenvalue weighted by atomic mass is 10.0. The highest BCUT2D eigenvalue weighted by Crippen LogP contribution is 2.14. The van der Waals surface area contributed by atoms with Crippen LogP contribution in [-0.4, -0.2) is 160 Å². The van der Waals surface area contributed by atoms with Crippen molar-refractivity contribution < 1.29 is 86.2 Å². The molecule has 2 aliphatic heterocycles. The number of rotatable bonds is 31. The topological polar surface area (TPSA) is 327 Å². The Hall–Kier alpha value is -7.64. The lowest BCUT2D eigenvalue weighted by Gasteiger charge is -2.18. The first-order chi connectivity index (χ1) is 35.1. The zero-order chi connectivity index (χ0) is 53.4. The molecule has 25 nitrogen and oxygen atoms in total. The molecule has 2 fully saturated rings. The molecule has 79 heavy (non-hydrogen) atoms. The van der Waals surface area contributed by atoms with E-state index < -0.39 is 59.8 Å². The van der Waals surface area contributed by atoms with Gasteiger partial charge >= 0.3 is 12.3 Å². The molecule has 0 aromatic heterocycles. The Morgan fingerprint density at radius 1 is 0.519 bits per heavy atom. The molecule has 8 amide bonds. The maximum absolute atomic E-state index is 12.7. The van der Waals surface area contributed by atoms with Gasteiger partial charge in [-0.25, -0.2) is 9.59 Å². The minimum atomic E-state index is -1.18. The summed E-state index contributed by atoms with van der Waals surface area (Å²) in [7, 11) is 1.69. The van der Waals surface area contributed by atoms with E-state index in [1.807, 2.05) is 36.4 Å². The van der Waals surface area contributed by atoms with E-state index in [2.05, 4.69) is 36.3 Å². The first kappa shape index (κ1) is 77.9. The van der Waals surface area contributed by atoms with Crippen molar-refractivity contribution >= 4 is 71.1 Å². The fraction of sp³-hybridized carbons (Fsp3) is 0.556. The monoisotopic (exact) mass is 1120 g/mol. The van der Waals surface area contributed by atoms with Crippen LogP contribution in [0.25, 0.3) is 0 Å². The number of benzene rings is 2. The van der Waals surface area contributed by atoms with Crippen LogP contribution in [0.15, 0.2) is 60.7 Å². The molecule has 0 spiro atoms. The summed E-state index contributed by atoms with van der Waals surface area (Å²) < 4.78 is 20.0. The van der Waals surface area contributed by atoms with Gasteiger partial charge in [0, 0.05) is 58.3 Å². The van der Waals surface area contributed by atoms with E-state index in [1.165, 1.54) is 6.92 Å². The molecule has 2 aromatic carbocycles. The number of carbonyl (C=O) groups excluding carboxylic acids is 12. The lowest BCUT2D eigenvalue weighted by Crippen LogP contribution is -2.49. The SMILES string of the molecule is C.C.C.C.C.C.CC(=O)CC(=O)NC(Cc1ccccc1)C(=O)NCC(=O)CCCCOCCOC(=O)ON1C(=O)CCC1=O.CNC(Cc1ccccc1)C(=O)NCC(=O)NCCCOCCOC(=O)ON1C(=O)CCC1=O. The smallest absolute Gasteiger partial charge is 0.430 e. The predicted octanol–water partition coefficient (Wildman–Crippen LogP) is 4.27. The van der Waals surface area contributed by atoms with Crippen LogP contribution in [0, 0.1) is 0 Å². The molecule has 4 rings (SSSR count). The maximum atomic E-state index is 12.7. The molecule has 2 saturated heterocycles. The van der Waals surface area contributed by atoms with Gasteiger partial charge in [-0.15, -0.1) is 0 Å². The molecular formula is C54H87N7O18. The molecule has 5 N–H and O–H groups in total. The number of ketones is 2. The number of Topliss-reactive ketones (excluding diaryl/α,β-unsaturated/α-hetero) is 2. The van der Waals surface area contributed by atoms with Crippen LogP contribution < -0.4 is 26.6 Å². The second kappa shape index (κ2) is 44.4. The molecule has 0 bridgehead atoms. The van der Waals surface area contributed by atoms with Gasteiger partial charge in [0.1, 0.15) is 25.0 Å². The molecule has 2 heterocycles. The highest BCUT2D eigenvalue weighted by atomic mass is 16.8. The van der Waals surface area contributed by atoms with Crippen LogP contribution in [0.1, 0.15) is 120 Å². The van der Waals surface area contributed by atoms with Gasteiger partial charge in [0.2, 0.25) is 23.6 Å². The minimum absolute atomic E-state index is 0. The molecule has 2 atom stereocenters. The average molecular weight is 1120 g/mol. The second-order valence-corrected chi connectivity index (χ2v) is 16.1. The third-order valence-corrected chi connectivity index (χ3v) is 10.2. The quantitative estimate of drug-likeness (QED) is 0.0304. The van der Waals surface area contributed by atoms with Crippen molar-refractivity contribution in [3.8, 4) is 0 Å². The van der Waals surface area contributed by atoms with Crippen LogP contribution in [-0.2, 0) is 89.4 Å². The summed E-state index contributed by atoms with van der Waals surface area (Å²) in [5, 5.41) is 14.1. The zero-order valence-electron chi connectivity index (χ0n) is 40.8. The van der Waals surface area contributed by atoms with Crippen LogP contribution >= 0.6 is 0 Å². The molecular weight excluding hydrogens is 1030 g/mol. The molecule has 0 radical (unpaired) electrons. The number of nitrogens with zero attached hydrogens (tertiary/aromatic N) is 2. The number of likely N-dealkylation sites (N-methyl/N-ethyl adjacent to an activating group) is 1. The Bertz CT molecular complexity index is 2170. The Morgan fingerprint density at radius 3 is 1.41 bits per heavy atom. The standard InChI is InChI=1S/C26H33N3O10.C22H30N4O8.6CH4/c1-18(30)15-22(32)28-21(16-19-7-3-2-4-8-19)25(35)27-17-20(31)9-5-6-12-37-13-14-38-26(36)39-29-23(33)10-11-24(29)34;1-23-17(14-16-6-3-2-4-7-16)21(30)25-15-18(27)24-10-5-11-32-12-13-33-22(31)34-26-19(28)8-9-20(26)29;;;;;;/h2-4,7-8,21H,5-6,9-17H2,1H3,(H,27,35)(H,28,32);2-4,6-7,17,23H,5,8-15H2,1H3,(H,24,27)(H,25,30);6*1H4. The van der Waals surface area contributed by atoms with Crippen molar-refractivity contribution in [2.45, 2.75) is 134 Å². The molecule has 2 aliphatic rings. The van der Waals surface area contributed by atoms with Crippen molar-refractivity contribution in [3.63, 3.8) is 0 Å². The lowest BCUT2D eigenvalue weighted by molar-refractivity contribution is -0.178. The van der Waals surface area contributed by atoms with E-state index in [0.717, 1.165) is 11.1 Å². The second-order valence-electron chi connectivity index (χ2n) is 16.1. The third kappa shape index (κ3) is 32.6. The van der Waals surface area contributed by atoms with Gasteiger partial charge in [-0.3, -0.25) is 57.6 Å². The van der Waals surface area contributed by atoms with E-state index in [1.54, 1.807) is 31.3 Å². The van der Waals surface area contributed by atoms with Gasteiger partial charge in [-0.1, -0.05) is 115 Å². The van der Waals surface area contributed by atoms with Gasteiger partial charge in [-0.2, -0.15) is 0 Å². The Kier molecular flexibility index (Phi) is 43.7. The number of hydrogen-bond donors (Lipinski definition) is 5. The predicted molar refractivity (Wildman–Crippen MR) is 292 cm³/mol. The Morgan fingerprint density at radius 2 is 0.949 bits per heavy atom. The third-order valence-electron chi connectivity index (χ3n) is 10.2. The Balaban J connectivity index is -0.000000667. The summed E-state index contributed by atoms with van der Waals surface area (Å²) in [5.41, 5.74) is 1.83. The van der Waals surface area contributed by atoms with Crippen molar-refractivity contribution in [1.29, 1.82) is 0 Å². The van der Waals surface area contributed by atoms with Gasteiger partial charge in [-0.05, 0) is 50.8 Å². The molecule has 25 heteroatoms. The molecule has 0 saturated carbocycles. The van der Waals surface area contributed by atoms with Crippen LogP contribution in [0.3, 0.4) is 0 Å². The highest BCUT2D eigenvalue weighted by molar-refractivity contribution is 6.02. The molecule has 446 valence electrons. The molecule has 2 unspecified atom stereocenters. The van der Waals surface area contributed by atoms with Crippen molar-refractivity contribution in [3.05, 3.63) is 71.8 Å². The fourth-order valence-electron chi connectivity index (χ4n) is 6.47. The molecule has 0 aliphatic carbocycles. The highest BCUT2D eigenvalue weighted by Gasteiger charge is 2.34. The van der Waals surface area contributed by atoms with E-state index in [9.17, 15) is 57.5 Å². The summed E-state index contributed by atoms with van der Waals surface area (Å²) in [5.74, 6) is -4.59. The van der Waals surface area contributed by atoms with Gasteiger partial charge in [0.25, 0.3) is 23.6 Å². The molecule has 2 aromatic rings. The van der Waals surface area contributed by atoms with E-state index >= 15 is 0 Å². The van der Waals surface area contributed by atoms with Crippen molar-refractivity contribution in [2.24, 2.45) is 0 Å². The average Bonchev–Trinajstić information content (AvgIpc) is 3.86. The zero-order valence-corrected chi connectivity index (χ0v) is 40.8. The summed E-state index contributed by atoms with van der Waals surface area (Å²) in [6, 6.07) is 17.2. The van der Waals surface area contributed by atoms with Gasteiger partial charge in [0.05, 0.1) is 38.8 Å². The van der Waals surface area contributed by atoms with E-state index in [0.29, 0.717) is 55.6 Å². The summed E-state index contributed by atoms with van der Waals surface area (Å²) in [6.07, 6.45) is -0.238. The Labute approximate surface area is 465 Å². The van der Waals surface area contributed by atoms with Crippen LogP contribution in [0.2, 0.25) is 0 Å². The largest absolute Gasteiger partial charge is 0.534 e. The maximum Gasteiger partial charge on any atom is 0.534 e.